The lowest BCUT2D eigenvalue weighted by Crippen LogP contribution is -2.17. The fraction of sp³-hybridized carbons (Fsp3) is 0.500. The van der Waals surface area contributed by atoms with Crippen molar-refractivity contribution in [1.82, 2.24) is 5.32 Å². The van der Waals surface area contributed by atoms with Crippen LogP contribution >= 0.6 is 0 Å². The Labute approximate surface area is 107 Å². The van der Waals surface area contributed by atoms with Gasteiger partial charge in [-0.15, -0.1) is 0 Å². The molecule has 98 valence electrons. The molecule has 0 aromatic heterocycles. The molecule has 1 heterocycles. The highest BCUT2D eigenvalue weighted by molar-refractivity contribution is 5.70. The summed E-state index contributed by atoms with van der Waals surface area (Å²) in [6.45, 7) is 4.61. The zero-order valence-electron chi connectivity index (χ0n) is 11.0. The first-order valence-electron chi connectivity index (χ1n) is 6.14. The minimum absolute atomic E-state index is 0.110. The molecule has 4 heteroatoms. The van der Waals surface area contributed by atoms with Crippen molar-refractivity contribution in [3.63, 3.8) is 0 Å². The van der Waals surface area contributed by atoms with Crippen molar-refractivity contribution in [2.75, 3.05) is 13.7 Å². The van der Waals surface area contributed by atoms with Crippen molar-refractivity contribution in [3.05, 3.63) is 28.8 Å². The molecule has 4 nitrogen and oxygen atoms in total. The zero-order valence-corrected chi connectivity index (χ0v) is 11.0. The molecule has 2 atom stereocenters. The van der Waals surface area contributed by atoms with Crippen molar-refractivity contribution >= 4 is 5.97 Å². The molecule has 0 aliphatic carbocycles. The van der Waals surface area contributed by atoms with Gasteiger partial charge < -0.3 is 15.2 Å². The van der Waals surface area contributed by atoms with Crippen LogP contribution in [0.4, 0.5) is 0 Å². The normalized spacial score (nSPS) is 23.1. The highest BCUT2D eigenvalue weighted by Crippen LogP contribution is 2.32. The maximum Gasteiger partial charge on any atom is 0.307 e. The fourth-order valence-corrected chi connectivity index (χ4v) is 2.44. The van der Waals surface area contributed by atoms with Gasteiger partial charge in [0.05, 0.1) is 13.0 Å². The van der Waals surface area contributed by atoms with E-state index in [1.165, 1.54) is 5.56 Å². The molecular weight excluding hydrogens is 230 g/mol. The lowest BCUT2D eigenvalue weighted by Gasteiger charge is -2.15. The Bertz CT molecular complexity index is 470. The molecule has 2 unspecified atom stereocenters. The maximum absolute atomic E-state index is 11.0. The van der Waals surface area contributed by atoms with Crippen LogP contribution in [0.2, 0.25) is 0 Å². The summed E-state index contributed by atoms with van der Waals surface area (Å²) in [5.41, 5.74) is 3.41. The number of methoxy groups -OCH3 is 1. The lowest BCUT2D eigenvalue weighted by atomic mass is 9.96. The molecule has 0 bridgehead atoms. The number of hydrogen-bond acceptors (Lipinski definition) is 3. The number of carboxylic acids is 1. The Balaban J connectivity index is 2.25. The summed E-state index contributed by atoms with van der Waals surface area (Å²) in [6, 6.07) is 4.23. The van der Waals surface area contributed by atoms with Crippen LogP contribution in [0, 0.1) is 19.8 Å². The number of benzene rings is 1. The number of carboxylic acid groups (broad SMARTS) is 1. The average Bonchev–Trinajstić information content (AvgIpc) is 2.82. The molecule has 1 aromatic carbocycles. The predicted octanol–water partition coefficient (Wildman–Crippen LogP) is 2.05. The summed E-state index contributed by atoms with van der Waals surface area (Å²) >= 11 is 0. The quantitative estimate of drug-likeness (QED) is 0.860. The van der Waals surface area contributed by atoms with E-state index >= 15 is 0 Å². The van der Waals surface area contributed by atoms with E-state index in [9.17, 15) is 4.79 Å². The standard InChI is InChI=1S/C14H19NO3/c1-8-4-10(6-13(18-3)9(8)2)12-5-11(7-15-12)14(16)17/h4,6,11-12,15H,5,7H2,1-3H3,(H,16,17). The van der Waals surface area contributed by atoms with Gasteiger partial charge in [0.15, 0.2) is 0 Å². The molecule has 0 saturated carbocycles. The van der Waals surface area contributed by atoms with E-state index in [2.05, 4.69) is 11.4 Å². The smallest absolute Gasteiger partial charge is 0.307 e. The molecule has 1 aliphatic rings. The number of carbonyl (C=O) groups is 1. The van der Waals surface area contributed by atoms with Gasteiger partial charge in [-0.05, 0) is 43.0 Å². The Morgan fingerprint density at radius 1 is 1.44 bits per heavy atom. The Kier molecular flexibility index (Phi) is 3.57. The summed E-state index contributed by atoms with van der Waals surface area (Å²) in [5.74, 6) is -0.144. The number of aliphatic carboxylic acids is 1. The van der Waals surface area contributed by atoms with E-state index in [1.807, 2.05) is 19.9 Å². The van der Waals surface area contributed by atoms with E-state index < -0.39 is 5.97 Å². The van der Waals surface area contributed by atoms with Crippen LogP contribution in [-0.2, 0) is 4.79 Å². The monoisotopic (exact) mass is 249 g/mol. The van der Waals surface area contributed by atoms with Crippen molar-refractivity contribution in [1.29, 1.82) is 0 Å². The van der Waals surface area contributed by atoms with E-state index in [4.69, 9.17) is 9.84 Å². The molecule has 1 aliphatic heterocycles. The summed E-state index contributed by atoms with van der Waals surface area (Å²) in [5, 5.41) is 12.3. The van der Waals surface area contributed by atoms with Crippen LogP contribution in [0.5, 0.6) is 5.75 Å². The summed E-state index contributed by atoms with van der Waals surface area (Å²) < 4.78 is 5.36. The first-order chi connectivity index (χ1) is 8.52. The number of aryl methyl sites for hydroxylation is 1. The average molecular weight is 249 g/mol. The van der Waals surface area contributed by atoms with Crippen molar-refractivity contribution < 1.29 is 14.6 Å². The van der Waals surface area contributed by atoms with Crippen LogP contribution in [-0.4, -0.2) is 24.7 Å². The van der Waals surface area contributed by atoms with Crippen LogP contribution in [0.1, 0.15) is 29.2 Å². The molecule has 1 fully saturated rings. The Hall–Kier alpha value is -1.55. The van der Waals surface area contributed by atoms with Crippen LogP contribution in [0.15, 0.2) is 12.1 Å². The van der Waals surface area contributed by atoms with Gasteiger partial charge in [0.25, 0.3) is 0 Å². The van der Waals surface area contributed by atoms with E-state index in [-0.39, 0.29) is 12.0 Å². The molecule has 0 spiro atoms. The topological polar surface area (TPSA) is 58.6 Å². The molecule has 0 radical (unpaired) electrons. The number of nitrogens with one attached hydrogen (secondary N) is 1. The molecule has 0 amide bonds. The van der Waals surface area contributed by atoms with Crippen LogP contribution in [0.3, 0.4) is 0 Å². The number of rotatable bonds is 3. The second-order valence-corrected chi connectivity index (χ2v) is 4.90. The third kappa shape index (κ3) is 2.34. The highest BCUT2D eigenvalue weighted by Gasteiger charge is 2.30. The SMILES string of the molecule is COc1cc(C2CC(C(=O)O)CN2)cc(C)c1C. The highest BCUT2D eigenvalue weighted by atomic mass is 16.5. The van der Waals surface area contributed by atoms with E-state index in [0.717, 1.165) is 16.9 Å². The van der Waals surface area contributed by atoms with Gasteiger partial charge in [0.2, 0.25) is 0 Å². The van der Waals surface area contributed by atoms with Gasteiger partial charge >= 0.3 is 5.97 Å². The molecule has 2 rings (SSSR count). The van der Waals surface area contributed by atoms with Gasteiger partial charge in [-0.25, -0.2) is 0 Å². The predicted molar refractivity (Wildman–Crippen MR) is 69.0 cm³/mol. The first-order valence-corrected chi connectivity index (χ1v) is 6.14. The summed E-state index contributed by atoms with van der Waals surface area (Å²) in [4.78, 5) is 11.0. The van der Waals surface area contributed by atoms with Crippen molar-refractivity contribution in [2.45, 2.75) is 26.3 Å². The molecule has 18 heavy (non-hydrogen) atoms. The van der Waals surface area contributed by atoms with E-state index in [0.29, 0.717) is 13.0 Å². The largest absolute Gasteiger partial charge is 0.496 e. The second-order valence-electron chi connectivity index (χ2n) is 4.90. The number of ether oxygens (including phenoxy) is 1. The molecular formula is C14H19NO3. The van der Waals surface area contributed by atoms with E-state index in [1.54, 1.807) is 7.11 Å². The zero-order chi connectivity index (χ0) is 13.3. The Morgan fingerprint density at radius 3 is 2.72 bits per heavy atom. The Morgan fingerprint density at radius 2 is 2.17 bits per heavy atom. The minimum atomic E-state index is -0.721. The second kappa shape index (κ2) is 4.98. The fourth-order valence-electron chi connectivity index (χ4n) is 2.44. The molecule has 1 aromatic rings. The van der Waals surface area contributed by atoms with Gasteiger partial charge in [-0.2, -0.15) is 0 Å². The van der Waals surface area contributed by atoms with Gasteiger partial charge in [0, 0.05) is 12.6 Å². The maximum atomic E-state index is 11.0. The molecule has 1 saturated heterocycles. The van der Waals surface area contributed by atoms with Gasteiger partial charge in [-0.3, -0.25) is 4.79 Å². The van der Waals surface area contributed by atoms with Gasteiger partial charge in [0.1, 0.15) is 5.75 Å². The van der Waals surface area contributed by atoms with Crippen LogP contribution < -0.4 is 10.1 Å². The third-order valence-electron chi connectivity index (χ3n) is 3.74. The summed E-state index contributed by atoms with van der Waals surface area (Å²) in [6.07, 6.45) is 0.640. The minimum Gasteiger partial charge on any atom is -0.496 e. The summed E-state index contributed by atoms with van der Waals surface area (Å²) in [7, 11) is 1.66. The number of hydrogen-bond donors (Lipinski definition) is 2. The van der Waals surface area contributed by atoms with Crippen molar-refractivity contribution in [2.24, 2.45) is 5.92 Å². The first kappa shape index (κ1) is 12.9. The third-order valence-corrected chi connectivity index (χ3v) is 3.74. The molecule has 2 N–H and O–H groups in total. The van der Waals surface area contributed by atoms with Crippen molar-refractivity contribution in [3.8, 4) is 5.75 Å². The lowest BCUT2D eigenvalue weighted by molar-refractivity contribution is -0.141. The van der Waals surface area contributed by atoms with Crippen LogP contribution in [0.25, 0.3) is 0 Å². The van der Waals surface area contributed by atoms with Gasteiger partial charge in [-0.1, -0.05) is 6.07 Å².